The van der Waals surface area contributed by atoms with E-state index in [1.54, 1.807) is 19.1 Å². The van der Waals surface area contributed by atoms with E-state index in [9.17, 15) is 14.7 Å². The molecule has 0 fully saturated rings. The number of carboxylic acid groups (broad SMARTS) is 1. The molecule has 0 heterocycles. The molecule has 1 aromatic carbocycles. The number of aliphatic hydroxyl groups excluding tert-OH is 1. The fourth-order valence-electron chi connectivity index (χ4n) is 1.45. The molecule has 0 saturated carbocycles. The largest absolute Gasteiger partial charge is 0.480 e. The summed E-state index contributed by atoms with van der Waals surface area (Å²) in [4.78, 5) is 22.8. The Morgan fingerprint density at radius 2 is 2.00 bits per heavy atom. The first-order chi connectivity index (χ1) is 8.32. The van der Waals surface area contributed by atoms with Gasteiger partial charge in [-0.1, -0.05) is 17.7 Å². The summed E-state index contributed by atoms with van der Waals surface area (Å²) in [7, 11) is 0. The van der Waals surface area contributed by atoms with Crippen molar-refractivity contribution in [3.05, 3.63) is 34.3 Å². The summed E-state index contributed by atoms with van der Waals surface area (Å²) in [6.45, 7) is 3.01. The minimum atomic E-state index is -1.35. The van der Waals surface area contributed by atoms with Gasteiger partial charge in [0.1, 0.15) is 0 Å². The summed E-state index contributed by atoms with van der Waals surface area (Å²) in [6, 6.07) is 3.40. The van der Waals surface area contributed by atoms with Crippen LogP contribution in [0.15, 0.2) is 18.2 Å². The monoisotopic (exact) mass is 271 g/mol. The second-order valence-corrected chi connectivity index (χ2v) is 4.43. The zero-order chi connectivity index (χ0) is 13.9. The van der Waals surface area contributed by atoms with Gasteiger partial charge in [0, 0.05) is 10.6 Å². The molecule has 0 radical (unpaired) electrons. The summed E-state index contributed by atoms with van der Waals surface area (Å²) in [5.74, 6) is -1.87. The van der Waals surface area contributed by atoms with Crippen molar-refractivity contribution in [3.8, 4) is 0 Å². The molecule has 0 saturated heterocycles. The van der Waals surface area contributed by atoms with E-state index in [-0.39, 0.29) is 5.56 Å². The quantitative estimate of drug-likeness (QED) is 0.768. The smallest absolute Gasteiger partial charge is 0.328 e. The highest BCUT2D eigenvalue weighted by Crippen LogP contribution is 2.15. The third kappa shape index (κ3) is 3.45. The average Bonchev–Trinajstić information content (AvgIpc) is 2.28. The van der Waals surface area contributed by atoms with Gasteiger partial charge in [0.2, 0.25) is 0 Å². The first-order valence-corrected chi connectivity index (χ1v) is 5.68. The molecule has 1 aromatic rings. The lowest BCUT2D eigenvalue weighted by molar-refractivity contribution is -0.141. The molecule has 1 rings (SSSR count). The molecule has 0 aliphatic rings. The molecule has 0 bridgehead atoms. The topological polar surface area (TPSA) is 86.6 Å². The number of carboxylic acids is 1. The Balaban J connectivity index is 2.94. The van der Waals surface area contributed by atoms with Crippen molar-refractivity contribution in [2.45, 2.75) is 26.0 Å². The van der Waals surface area contributed by atoms with E-state index in [2.05, 4.69) is 5.32 Å². The summed E-state index contributed by atoms with van der Waals surface area (Å²) < 4.78 is 0. The van der Waals surface area contributed by atoms with Crippen molar-refractivity contribution in [3.63, 3.8) is 0 Å². The van der Waals surface area contributed by atoms with Gasteiger partial charge >= 0.3 is 5.97 Å². The zero-order valence-corrected chi connectivity index (χ0v) is 10.7. The highest BCUT2D eigenvalue weighted by Gasteiger charge is 2.25. The van der Waals surface area contributed by atoms with Gasteiger partial charge in [0.05, 0.1) is 6.10 Å². The predicted octanol–water partition coefficient (Wildman–Crippen LogP) is 1.21. The Kier molecular flexibility index (Phi) is 4.69. The van der Waals surface area contributed by atoms with Crippen LogP contribution in [-0.4, -0.2) is 34.2 Å². The lowest BCUT2D eigenvalue weighted by Crippen LogP contribution is -2.47. The number of amides is 1. The van der Waals surface area contributed by atoms with Crippen LogP contribution in [-0.2, 0) is 4.79 Å². The molecule has 0 aliphatic heterocycles. The molecule has 3 N–H and O–H groups in total. The molecule has 5 nitrogen and oxygen atoms in total. The standard InChI is InChI=1S/C12H14ClNO4/c1-6-3-4-8(13)5-9(6)11(16)14-10(7(2)15)12(17)18/h3-5,7,10,15H,1-2H3,(H,14,16)(H,17,18). The minimum absolute atomic E-state index is 0.286. The van der Waals surface area contributed by atoms with E-state index < -0.39 is 24.0 Å². The number of hydrogen-bond donors (Lipinski definition) is 3. The second kappa shape index (κ2) is 5.84. The first kappa shape index (κ1) is 14.5. The number of benzene rings is 1. The van der Waals surface area contributed by atoms with Gasteiger partial charge in [-0.15, -0.1) is 0 Å². The summed E-state index contributed by atoms with van der Waals surface area (Å²) >= 11 is 5.78. The third-order valence-corrected chi connectivity index (χ3v) is 2.71. The fraction of sp³-hybridized carbons (Fsp3) is 0.333. The fourth-order valence-corrected chi connectivity index (χ4v) is 1.62. The Bertz CT molecular complexity index is 473. The number of carbonyl (C=O) groups excluding carboxylic acids is 1. The number of aliphatic carboxylic acids is 1. The number of aryl methyl sites for hydroxylation is 1. The van der Waals surface area contributed by atoms with Crippen molar-refractivity contribution in [1.29, 1.82) is 0 Å². The number of hydrogen-bond acceptors (Lipinski definition) is 3. The Morgan fingerprint density at radius 3 is 2.50 bits per heavy atom. The van der Waals surface area contributed by atoms with Gasteiger partial charge < -0.3 is 15.5 Å². The molecular formula is C12H14ClNO4. The maximum atomic E-state index is 11.9. The maximum absolute atomic E-state index is 11.9. The lowest BCUT2D eigenvalue weighted by atomic mass is 10.1. The van der Waals surface area contributed by atoms with E-state index >= 15 is 0 Å². The van der Waals surface area contributed by atoms with Crippen LogP contribution in [0.25, 0.3) is 0 Å². The number of nitrogens with one attached hydrogen (secondary N) is 1. The molecule has 0 aromatic heterocycles. The van der Waals surface area contributed by atoms with Gasteiger partial charge in [0.15, 0.2) is 6.04 Å². The van der Waals surface area contributed by atoms with Crippen LogP contribution >= 0.6 is 11.6 Å². The van der Waals surface area contributed by atoms with Gasteiger partial charge in [-0.3, -0.25) is 4.79 Å². The van der Waals surface area contributed by atoms with Gasteiger partial charge in [-0.05, 0) is 31.5 Å². The SMILES string of the molecule is Cc1ccc(Cl)cc1C(=O)NC(C(=O)O)C(C)O. The third-order valence-electron chi connectivity index (χ3n) is 2.48. The van der Waals surface area contributed by atoms with E-state index in [1.165, 1.54) is 13.0 Å². The van der Waals surface area contributed by atoms with Crippen LogP contribution in [0.3, 0.4) is 0 Å². The average molecular weight is 272 g/mol. The second-order valence-electron chi connectivity index (χ2n) is 3.99. The van der Waals surface area contributed by atoms with Crippen LogP contribution in [0.4, 0.5) is 0 Å². The van der Waals surface area contributed by atoms with Crippen molar-refractivity contribution in [2.24, 2.45) is 0 Å². The molecule has 1 amide bonds. The Labute approximate surface area is 109 Å². The number of carbonyl (C=O) groups is 2. The van der Waals surface area contributed by atoms with Crippen molar-refractivity contribution in [2.75, 3.05) is 0 Å². The highest BCUT2D eigenvalue weighted by atomic mass is 35.5. The number of aliphatic hydroxyl groups is 1. The Hall–Kier alpha value is -1.59. The zero-order valence-electron chi connectivity index (χ0n) is 9.98. The van der Waals surface area contributed by atoms with Crippen LogP contribution in [0, 0.1) is 6.92 Å². The van der Waals surface area contributed by atoms with E-state index in [4.69, 9.17) is 16.7 Å². The number of halogens is 1. The summed E-state index contributed by atoms with van der Waals surface area (Å²) in [5.41, 5.74) is 0.959. The van der Waals surface area contributed by atoms with Crippen molar-refractivity contribution in [1.82, 2.24) is 5.32 Å². The Morgan fingerprint density at radius 1 is 1.39 bits per heavy atom. The first-order valence-electron chi connectivity index (χ1n) is 5.31. The lowest BCUT2D eigenvalue weighted by Gasteiger charge is -2.17. The van der Waals surface area contributed by atoms with Gasteiger partial charge in [-0.2, -0.15) is 0 Å². The molecule has 6 heteroatoms. The normalized spacial score (nSPS) is 13.8. The summed E-state index contributed by atoms with van der Waals surface area (Å²) in [6.07, 6.45) is -1.19. The minimum Gasteiger partial charge on any atom is -0.480 e. The van der Waals surface area contributed by atoms with Gasteiger partial charge in [0.25, 0.3) is 5.91 Å². The molecule has 98 valence electrons. The van der Waals surface area contributed by atoms with Gasteiger partial charge in [-0.25, -0.2) is 4.79 Å². The molecule has 2 unspecified atom stereocenters. The number of rotatable bonds is 4. The van der Waals surface area contributed by atoms with E-state index in [1.807, 2.05) is 0 Å². The molecule has 18 heavy (non-hydrogen) atoms. The van der Waals surface area contributed by atoms with Crippen molar-refractivity contribution >= 4 is 23.5 Å². The molecule has 0 spiro atoms. The van der Waals surface area contributed by atoms with Crippen LogP contribution < -0.4 is 5.32 Å². The van der Waals surface area contributed by atoms with Crippen LogP contribution in [0.5, 0.6) is 0 Å². The van der Waals surface area contributed by atoms with E-state index in [0.29, 0.717) is 10.6 Å². The maximum Gasteiger partial charge on any atom is 0.328 e. The van der Waals surface area contributed by atoms with Crippen LogP contribution in [0.2, 0.25) is 5.02 Å². The predicted molar refractivity (Wildman–Crippen MR) is 66.8 cm³/mol. The summed E-state index contributed by atoms with van der Waals surface area (Å²) in [5, 5.41) is 20.8. The van der Waals surface area contributed by atoms with E-state index in [0.717, 1.165) is 0 Å². The van der Waals surface area contributed by atoms with Crippen molar-refractivity contribution < 1.29 is 19.8 Å². The highest BCUT2D eigenvalue weighted by molar-refractivity contribution is 6.31. The molecule has 2 atom stereocenters. The molecule has 0 aliphatic carbocycles. The van der Waals surface area contributed by atoms with Crippen LogP contribution in [0.1, 0.15) is 22.8 Å². The molecular weight excluding hydrogens is 258 g/mol.